The number of sulfonamides is 1. The molecule has 0 aliphatic carbocycles. The van der Waals surface area contributed by atoms with Crippen molar-refractivity contribution in [2.45, 2.75) is 44.4 Å². The third-order valence-corrected chi connectivity index (χ3v) is 7.57. The Bertz CT molecular complexity index is 1080. The molecule has 0 aliphatic heterocycles. The van der Waals surface area contributed by atoms with Crippen LogP contribution in [0.3, 0.4) is 0 Å². The topological polar surface area (TPSA) is 79.4 Å². The van der Waals surface area contributed by atoms with Crippen molar-refractivity contribution in [3.8, 4) is 0 Å². The fourth-order valence-electron chi connectivity index (χ4n) is 3.08. The van der Waals surface area contributed by atoms with Gasteiger partial charge in [0.25, 0.3) is 5.91 Å². The van der Waals surface area contributed by atoms with Gasteiger partial charge in [-0.2, -0.15) is 4.31 Å². The van der Waals surface area contributed by atoms with Crippen molar-refractivity contribution >= 4 is 43.2 Å². The van der Waals surface area contributed by atoms with Crippen molar-refractivity contribution in [2.75, 3.05) is 18.4 Å². The molecule has 1 heterocycles. The summed E-state index contributed by atoms with van der Waals surface area (Å²) in [7, 11) is -3.57. The van der Waals surface area contributed by atoms with Crippen LogP contribution in [0.15, 0.2) is 52.9 Å². The van der Waals surface area contributed by atoms with Gasteiger partial charge in [0.2, 0.25) is 10.0 Å². The molecule has 0 saturated carbocycles. The van der Waals surface area contributed by atoms with E-state index >= 15 is 0 Å². The molecule has 3 rings (SSSR count). The summed E-state index contributed by atoms with van der Waals surface area (Å²) in [4.78, 5) is 17.0. The number of carbonyl (C=O) groups excluding carboxylic acids is 1. The van der Waals surface area contributed by atoms with Crippen LogP contribution in [0.5, 0.6) is 0 Å². The number of hydrogen-bond donors (Lipinski definition) is 1. The van der Waals surface area contributed by atoms with Gasteiger partial charge in [-0.05, 0) is 55.3 Å². The van der Waals surface area contributed by atoms with Gasteiger partial charge >= 0.3 is 0 Å². The third-order valence-electron chi connectivity index (χ3n) is 4.87. The summed E-state index contributed by atoms with van der Waals surface area (Å²) in [6, 6.07) is 11.7. The summed E-state index contributed by atoms with van der Waals surface area (Å²) in [6.45, 7) is 5.12. The predicted molar refractivity (Wildman–Crippen MR) is 123 cm³/mol. The lowest BCUT2D eigenvalue weighted by atomic mass is 10.2. The molecule has 0 unspecified atom stereocenters. The molecule has 160 valence electrons. The van der Waals surface area contributed by atoms with Crippen LogP contribution in [0, 0.1) is 0 Å². The van der Waals surface area contributed by atoms with E-state index in [4.69, 9.17) is 0 Å². The van der Waals surface area contributed by atoms with E-state index in [1.165, 1.54) is 23.5 Å². The minimum absolute atomic E-state index is 0.220. The van der Waals surface area contributed by atoms with E-state index in [1.54, 1.807) is 28.0 Å². The Labute approximate surface area is 182 Å². The van der Waals surface area contributed by atoms with Gasteiger partial charge < -0.3 is 5.32 Å². The zero-order valence-corrected chi connectivity index (χ0v) is 18.9. The Morgan fingerprint density at radius 1 is 1.03 bits per heavy atom. The summed E-state index contributed by atoms with van der Waals surface area (Å²) < 4.78 is 28.6. The molecular formula is C22H27N3O3S2. The van der Waals surface area contributed by atoms with E-state index in [-0.39, 0.29) is 10.8 Å². The second-order valence-electron chi connectivity index (χ2n) is 7.12. The summed E-state index contributed by atoms with van der Waals surface area (Å²) >= 11 is 1.51. The molecule has 0 bridgehead atoms. The maximum atomic E-state index is 13.0. The van der Waals surface area contributed by atoms with Gasteiger partial charge in [0.15, 0.2) is 0 Å². The quantitative estimate of drug-likeness (QED) is 0.469. The van der Waals surface area contributed by atoms with Gasteiger partial charge in [0.05, 0.1) is 20.6 Å². The van der Waals surface area contributed by atoms with E-state index in [2.05, 4.69) is 10.3 Å². The fourth-order valence-corrected chi connectivity index (χ4v) is 5.32. The average Bonchev–Trinajstić information content (AvgIpc) is 3.21. The van der Waals surface area contributed by atoms with E-state index in [1.807, 2.05) is 26.0 Å². The minimum Gasteiger partial charge on any atom is -0.322 e. The van der Waals surface area contributed by atoms with Gasteiger partial charge in [-0.25, -0.2) is 13.4 Å². The zero-order valence-electron chi connectivity index (χ0n) is 17.3. The van der Waals surface area contributed by atoms with Crippen molar-refractivity contribution in [3.05, 3.63) is 53.5 Å². The summed E-state index contributed by atoms with van der Waals surface area (Å²) in [6.07, 6.45) is 3.52. The molecule has 30 heavy (non-hydrogen) atoms. The van der Waals surface area contributed by atoms with Crippen molar-refractivity contribution < 1.29 is 13.2 Å². The monoisotopic (exact) mass is 445 g/mol. The van der Waals surface area contributed by atoms with Crippen LogP contribution in [0.2, 0.25) is 0 Å². The molecule has 0 saturated heterocycles. The predicted octanol–water partition coefficient (Wildman–Crippen LogP) is 5.14. The van der Waals surface area contributed by atoms with Gasteiger partial charge in [0, 0.05) is 24.3 Å². The summed E-state index contributed by atoms with van der Waals surface area (Å²) in [5, 5.41) is 2.86. The molecule has 2 aromatic carbocycles. The highest BCUT2D eigenvalue weighted by molar-refractivity contribution is 7.89. The van der Waals surface area contributed by atoms with E-state index in [0.29, 0.717) is 24.3 Å². The molecule has 0 radical (unpaired) electrons. The first kappa shape index (κ1) is 22.4. The normalized spacial score (nSPS) is 11.8. The number of aromatic nitrogens is 1. The number of unbranched alkanes of at least 4 members (excludes halogenated alkanes) is 2. The highest BCUT2D eigenvalue weighted by Gasteiger charge is 2.23. The molecule has 0 spiro atoms. The molecule has 0 aliphatic rings. The lowest BCUT2D eigenvalue weighted by Crippen LogP contribution is -2.33. The van der Waals surface area contributed by atoms with Gasteiger partial charge in [-0.3, -0.25) is 4.79 Å². The van der Waals surface area contributed by atoms with Crippen molar-refractivity contribution in [1.82, 2.24) is 9.29 Å². The molecule has 6 nitrogen and oxygen atoms in total. The average molecular weight is 446 g/mol. The first-order chi connectivity index (χ1) is 14.5. The van der Waals surface area contributed by atoms with Crippen LogP contribution in [-0.2, 0) is 10.0 Å². The second-order valence-corrected chi connectivity index (χ2v) is 9.95. The Kier molecular flexibility index (Phi) is 7.58. The molecule has 0 atom stereocenters. The third kappa shape index (κ3) is 5.24. The van der Waals surface area contributed by atoms with Crippen molar-refractivity contribution in [3.63, 3.8) is 0 Å². The van der Waals surface area contributed by atoms with Crippen molar-refractivity contribution in [2.24, 2.45) is 0 Å². The number of amides is 1. The molecule has 1 aromatic heterocycles. The van der Waals surface area contributed by atoms with E-state index in [9.17, 15) is 13.2 Å². The van der Waals surface area contributed by atoms with Crippen LogP contribution in [0.1, 0.15) is 49.9 Å². The summed E-state index contributed by atoms with van der Waals surface area (Å²) in [5.74, 6) is -0.281. The number of anilines is 1. The Balaban J connectivity index is 1.74. The number of benzene rings is 2. The Morgan fingerprint density at radius 3 is 2.33 bits per heavy atom. The van der Waals surface area contributed by atoms with Crippen LogP contribution in [0.4, 0.5) is 5.69 Å². The first-order valence-electron chi connectivity index (χ1n) is 10.2. The number of thiazole rings is 1. The molecule has 3 aromatic rings. The van der Waals surface area contributed by atoms with E-state index in [0.717, 1.165) is 35.9 Å². The molecule has 1 amide bonds. The van der Waals surface area contributed by atoms with Crippen LogP contribution < -0.4 is 5.32 Å². The number of nitrogens with zero attached hydrogens (tertiary/aromatic N) is 2. The fraction of sp³-hybridized carbons (Fsp3) is 0.364. The number of fused-ring (bicyclic) bond motifs is 1. The summed E-state index contributed by atoms with van der Waals surface area (Å²) in [5.41, 5.74) is 3.74. The maximum absolute atomic E-state index is 13.0. The van der Waals surface area contributed by atoms with Gasteiger partial charge in [0.1, 0.15) is 0 Å². The van der Waals surface area contributed by atoms with Crippen LogP contribution in [-0.4, -0.2) is 36.7 Å². The van der Waals surface area contributed by atoms with Crippen LogP contribution in [0.25, 0.3) is 10.2 Å². The highest BCUT2D eigenvalue weighted by Crippen LogP contribution is 2.23. The van der Waals surface area contributed by atoms with Crippen LogP contribution >= 0.6 is 11.3 Å². The second kappa shape index (κ2) is 10.1. The Hall–Kier alpha value is -2.29. The molecule has 1 N–H and O–H groups in total. The van der Waals surface area contributed by atoms with Crippen molar-refractivity contribution in [1.29, 1.82) is 0 Å². The largest absolute Gasteiger partial charge is 0.322 e. The molecule has 0 fully saturated rings. The SMILES string of the molecule is CCCCN(CCCC)S(=O)(=O)c1ccc(C(=O)Nc2ccc3ncsc3c2)cc1. The molecular weight excluding hydrogens is 418 g/mol. The maximum Gasteiger partial charge on any atom is 0.255 e. The number of carbonyl (C=O) groups is 1. The lowest BCUT2D eigenvalue weighted by molar-refractivity contribution is 0.102. The van der Waals surface area contributed by atoms with Gasteiger partial charge in [-0.15, -0.1) is 11.3 Å². The highest BCUT2D eigenvalue weighted by atomic mass is 32.2. The standard InChI is InChI=1S/C22H27N3O3S2/c1-3-5-13-25(14-6-4-2)30(27,28)19-10-7-17(8-11-19)22(26)24-18-9-12-20-21(15-18)29-16-23-20/h7-12,15-16H,3-6,13-14H2,1-2H3,(H,24,26). The number of nitrogens with one attached hydrogen (secondary N) is 1. The van der Waals surface area contributed by atoms with Gasteiger partial charge in [-0.1, -0.05) is 26.7 Å². The minimum atomic E-state index is -3.57. The smallest absolute Gasteiger partial charge is 0.255 e. The zero-order chi connectivity index (χ0) is 21.6. The molecule has 8 heteroatoms. The lowest BCUT2D eigenvalue weighted by Gasteiger charge is -2.22. The number of rotatable bonds is 10. The van der Waals surface area contributed by atoms with E-state index < -0.39 is 10.0 Å². The first-order valence-corrected chi connectivity index (χ1v) is 12.5. The number of hydrogen-bond acceptors (Lipinski definition) is 5. The Morgan fingerprint density at radius 2 is 1.70 bits per heavy atom.